The fraction of sp³-hybridized carbons (Fsp3) is 0.476. The summed E-state index contributed by atoms with van der Waals surface area (Å²) in [5, 5.41) is 28.8. The van der Waals surface area contributed by atoms with Gasteiger partial charge in [0.25, 0.3) is 5.91 Å². The van der Waals surface area contributed by atoms with Crippen molar-refractivity contribution in [2.24, 2.45) is 5.16 Å². The number of carboxylic acids is 2. The van der Waals surface area contributed by atoms with Crippen LogP contribution in [0.15, 0.2) is 29.4 Å². The van der Waals surface area contributed by atoms with Gasteiger partial charge in [-0.2, -0.15) is 0 Å². The molecule has 0 aliphatic heterocycles. The lowest BCUT2D eigenvalue weighted by Gasteiger charge is -2.14. The first-order valence-corrected chi connectivity index (χ1v) is 10.3. The van der Waals surface area contributed by atoms with Gasteiger partial charge in [-0.1, -0.05) is 35.0 Å². The molecule has 0 spiro atoms. The molecule has 3 amide bonds. The predicted octanol–water partition coefficient (Wildman–Crippen LogP) is 1.25. The molecule has 1 rings (SSSR count). The van der Waals surface area contributed by atoms with Crippen molar-refractivity contribution in [2.45, 2.75) is 45.1 Å². The molecule has 0 saturated heterocycles. The van der Waals surface area contributed by atoms with Crippen LogP contribution in [0.3, 0.4) is 0 Å². The van der Waals surface area contributed by atoms with Crippen LogP contribution in [-0.4, -0.2) is 66.0 Å². The van der Waals surface area contributed by atoms with Gasteiger partial charge in [-0.25, -0.2) is 9.59 Å². The first-order chi connectivity index (χ1) is 15.3. The van der Waals surface area contributed by atoms with Gasteiger partial charge in [0.05, 0.1) is 6.21 Å². The molecule has 0 radical (unpaired) electrons. The first-order valence-electron chi connectivity index (χ1n) is 10.3. The second-order valence-corrected chi connectivity index (χ2v) is 7.05. The highest BCUT2D eigenvalue weighted by Gasteiger charge is 2.20. The lowest BCUT2D eigenvalue weighted by atomic mass is 10.1. The minimum absolute atomic E-state index is 0.184. The van der Waals surface area contributed by atoms with Crippen molar-refractivity contribution in [3.63, 3.8) is 0 Å². The van der Waals surface area contributed by atoms with E-state index in [1.165, 1.54) is 6.21 Å². The van der Waals surface area contributed by atoms with Crippen LogP contribution in [0.4, 0.5) is 4.79 Å². The second kappa shape index (κ2) is 15.2. The Bertz CT molecular complexity index is 781. The third-order valence-corrected chi connectivity index (χ3v) is 4.26. The van der Waals surface area contributed by atoms with E-state index in [-0.39, 0.29) is 25.4 Å². The summed E-state index contributed by atoms with van der Waals surface area (Å²) in [5.41, 5.74) is 2.01. The Morgan fingerprint density at radius 3 is 2.31 bits per heavy atom. The maximum atomic E-state index is 11.7. The standard InChI is InChI=1S/C21H30N4O7/c1-15-5-7-16(8-6-15)13-24-32-14-18(26)22-11-3-2-4-12-23-21(31)25-17(20(29)30)9-10-19(27)28/h5-8,13,17H,2-4,9-12,14H2,1H3,(H,22,26)(H,27,28)(H,29,30)(H2,23,25,31). The zero-order valence-electron chi connectivity index (χ0n) is 18.0. The highest BCUT2D eigenvalue weighted by molar-refractivity contribution is 5.83. The average Bonchev–Trinajstić information content (AvgIpc) is 2.74. The average molecular weight is 450 g/mol. The zero-order valence-corrected chi connectivity index (χ0v) is 18.0. The predicted molar refractivity (Wildman–Crippen MR) is 116 cm³/mol. The number of hydrogen-bond donors (Lipinski definition) is 5. The van der Waals surface area contributed by atoms with Crippen LogP contribution in [0.2, 0.25) is 0 Å². The number of hydrogen-bond acceptors (Lipinski definition) is 6. The minimum Gasteiger partial charge on any atom is -0.481 e. The molecule has 0 bridgehead atoms. The van der Waals surface area contributed by atoms with E-state index in [0.717, 1.165) is 17.5 Å². The molecule has 5 N–H and O–H groups in total. The van der Waals surface area contributed by atoms with Crippen LogP contribution >= 0.6 is 0 Å². The molecular weight excluding hydrogens is 420 g/mol. The molecular formula is C21H30N4O7. The third kappa shape index (κ3) is 12.8. The quantitative estimate of drug-likeness (QED) is 0.152. The van der Waals surface area contributed by atoms with Crippen molar-refractivity contribution < 1.29 is 34.2 Å². The highest BCUT2D eigenvalue weighted by atomic mass is 16.6. The lowest BCUT2D eigenvalue weighted by Crippen LogP contribution is -2.46. The van der Waals surface area contributed by atoms with E-state index in [0.29, 0.717) is 25.9 Å². The number of carbonyl (C=O) groups is 4. The molecule has 0 heterocycles. The summed E-state index contributed by atoms with van der Waals surface area (Å²) in [7, 11) is 0. The monoisotopic (exact) mass is 450 g/mol. The number of urea groups is 1. The van der Waals surface area contributed by atoms with Gasteiger partial charge >= 0.3 is 18.0 Å². The zero-order chi connectivity index (χ0) is 23.8. The maximum Gasteiger partial charge on any atom is 0.326 e. The number of nitrogens with one attached hydrogen (secondary N) is 3. The van der Waals surface area contributed by atoms with Crippen LogP contribution in [0.25, 0.3) is 0 Å². The molecule has 11 nitrogen and oxygen atoms in total. The maximum absolute atomic E-state index is 11.7. The van der Waals surface area contributed by atoms with E-state index in [4.69, 9.17) is 15.1 Å². The molecule has 1 aromatic rings. The fourth-order valence-corrected chi connectivity index (χ4v) is 2.49. The summed E-state index contributed by atoms with van der Waals surface area (Å²) in [4.78, 5) is 49.9. The van der Waals surface area contributed by atoms with Crippen molar-refractivity contribution in [2.75, 3.05) is 19.7 Å². The number of benzene rings is 1. The number of amides is 3. The van der Waals surface area contributed by atoms with Crippen molar-refractivity contribution in [1.82, 2.24) is 16.0 Å². The summed E-state index contributed by atoms with van der Waals surface area (Å²) in [5.74, 6) is -2.71. The smallest absolute Gasteiger partial charge is 0.326 e. The summed E-state index contributed by atoms with van der Waals surface area (Å²) in [6.45, 7) is 2.57. The Morgan fingerprint density at radius 1 is 1.03 bits per heavy atom. The van der Waals surface area contributed by atoms with Gasteiger partial charge in [-0.15, -0.1) is 0 Å². The van der Waals surface area contributed by atoms with Crippen LogP contribution in [0.1, 0.15) is 43.2 Å². The second-order valence-electron chi connectivity index (χ2n) is 7.05. The number of aryl methyl sites for hydroxylation is 1. The van der Waals surface area contributed by atoms with E-state index in [2.05, 4.69) is 21.1 Å². The van der Waals surface area contributed by atoms with Crippen molar-refractivity contribution in [1.29, 1.82) is 0 Å². The van der Waals surface area contributed by atoms with Gasteiger partial charge in [0, 0.05) is 19.5 Å². The summed E-state index contributed by atoms with van der Waals surface area (Å²) in [6, 6.07) is 5.76. The van der Waals surface area contributed by atoms with Crippen molar-refractivity contribution in [3.05, 3.63) is 35.4 Å². The number of carboxylic acid groups (broad SMARTS) is 2. The van der Waals surface area contributed by atoms with Gasteiger partial charge < -0.3 is 31.0 Å². The van der Waals surface area contributed by atoms with Gasteiger partial charge in [0.2, 0.25) is 0 Å². The molecule has 32 heavy (non-hydrogen) atoms. The third-order valence-electron chi connectivity index (χ3n) is 4.26. The Hall–Kier alpha value is -3.63. The number of unbranched alkanes of at least 4 members (excludes halogenated alkanes) is 2. The Balaban J connectivity index is 2.05. The van der Waals surface area contributed by atoms with Crippen molar-refractivity contribution >= 4 is 30.1 Å². The molecule has 1 aromatic carbocycles. The Labute approximate surface area is 186 Å². The lowest BCUT2D eigenvalue weighted by molar-refractivity contribution is -0.140. The molecule has 0 aliphatic rings. The van der Waals surface area contributed by atoms with Gasteiger partial charge in [-0.05, 0) is 38.2 Å². The number of oxime groups is 1. The van der Waals surface area contributed by atoms with E-state index < -0.39 is 24.0 Å². The molecule has 1 atom stereocenters. The van der Waals surface area contributed by atoms with Gasteiger partial charge in [0.15, 0.2) is 6.61 Å². The van der Waals surface area contributed by atoms with Crippen LogP contribution in [0, 0.1) is 6.92 Å². The molecule has 1 unspecified atom stereocenters. The largest absolute Gasteiger partial charge is 0.481 e. The fourth-order valence-electron chi connectivity index (χ4n) is 2.49. The van der Waals surface area contributed by atoms with Crippen LogP contribution in [0.5, 0.6) is 0 Å². The summed E-state index contributed by atoms with van der Waals surface area (Å²) < 4.78 is 0. The van der Waals surface area contributed by atoms with Crippen molar-refractivity contribution in [3.8, 4) is 0 Å². The molecule has 0 aromatic heterocycles. The van der Waals surface area contributed by atoms with Crippen LogP contribution < -0.4 is 16.0 Å². The summed E-state index contributed by atoms with van der Waals surface area (Å²) >= 11 is 0. The highest BCUT2D eigenvalue weighted by Crippen LogP contribution is 2.00. The minimum atomic E-state index is -1.29. The molecule has 0 fully saturated rings. The van der Waals surface area contributed by atoms with Gasteiger partial charge in [-0.3, -0.25) is 9.59 Å². The van der Waals surface area contributed by atoms with E-state index in [1.807, 2.05) is 31.2 Å². The molecule has 0 saturated carbocycles. The van der Waals surface area contributed by atoms with E-state index in [9.17, 15) is 19.2 Å². The van der Waals surface area contributed by atoms with Crippen LogP contribution in [-0.2, 0) is 19.2 Å². The topological polar surface area (TPSA) is 166 Å². The number of aliphatic carboxylic acids is 2. The van der Waals surface area contributed by atoms with E-state index in [1.54, 1.807) is 0 Å². The molecule has 11 heteroatoms. The van der Waals surface area contributed by atoms with Gasteiger partial charge in [0.1, 0.15) is 6.04 Å². The Morgan fingerprint density at radius 2 is 1.69 bits per heavy atom. The number of carbonyl (C=O) groups excluding carboxylic acids is 2. The number of rotatable bonds is 15. The molecule has 0 aliphatic carbocycles. The Kier molecular flexibility index (Phi) is 12.6. The molecule has 176 valence electrons. The first kappa shape index (κ1) is 26.4. The summed E-state index contributed by atoms with van der Waals surface area (Å²) in [6.07, 6.45) is 3.03. The SMILES string of the molecule is Cc1ccc(C=NOCC(=O)NCCCCCNC(=O)NC(CCC(=O)O)C(=O)O)cc1. The van der Waals surface area contributed by atoms with E-state index >= 15 is 0 Å². The normalized spacial score (nSPS) is 11.5. The number of nitrogens with zero attached hydrogens (tertiary/aromatic N) is 1.